The Balaban J connectivity index is 1.96. The van der Waals surface area contributed by atoms with Crippen LogP contribution in [0.4, 0.5) is 0 Å². The Morgan fingerprint density at radius 3 is 2.44 bits per heavy atom. The monoisotopic (exact) mass is 386 g/mol. The molecule has 124 valence electrons. The lowest BCUT2D eigenvalue weighted by Gasteiger charge is -2.10. The van der Waals surface area contributed by atoms with Gasteiger partial charge in [0.2, 0.25) is 0 Å². The maximum atomic E-state index is 10.5. The first-order chi connectivity index (χ1) is 12.1. The van der Waals surface area contributed by atoms with Gasteiger partial charge in [-0.2, -0.15) is 5.26 Å². The number of aliphatic hydroxyl groups is 1. The number of allylic oxidation sites excluding steroid dienone is 2. The maximum Gasteiger partial charge on any atom is 0.138 e. The summed E-state index contributed by atoms with van der Waals surface area (Å²) < 4.78 is 0. The average Bonchev–Trinajstić information content (AvgIpc) is 3.12. The van der Waals surface area contributed by atoms with Crippen molar-refractivity contribution in [3.63, 3.8) is 0 Å². The van der Waals surface area contributed by atoms with Gasteiger partial charge in [0.05, 0.1) is 5.69 Å². The second-order valence-electron chi connectivity index (χ2n) is 5.19. The summed E-state index contributed by atoms with van der Waals surface area (Å²) in [5, 5.41) is 22.0. The van der Waals surface area contributed by atoms with Crippen molar-refractivity contribution >= 4 is 40.1 Å². The van der Waals surface area contributed by atoms with E-state index in [0.29, 0.717) is 21.3 Å². The molecule has 2 aromatic carbocycles. The Hall–Kier alpha value is -2.32. The largest absolute Gasteiger partial charge is 0.509 e. The van der Waals surface area contributed by atoms with Gasteiger partial charge in [-0.05, 0) is 17.7 Å². The number of alkyl halides is 1. The summed E-state index contributed by atoms with van der Waals surface area (Å²) in [6.45, 7) is 0. The van der Waals surface area contributed by atoms with E-state index in [9.17, 15) is 10.4 Å². The Morgan fingerprint density at radius 2 is 1.80 bits per heavy atom. The van der Waals surface area contributed by atoms with E-state index >= 15 is 0 Å². The molecule has 25 heavy (non-hydrogen) atoms. The van der Waals surface area contributed by atoms with Gasteiger partial charge < -0.3 is 5.11 Å². The van der Waals surface area contributed by atoms with E-state index < -0.39 is 5.38 Å². The van der Waals surface area contributed by atoms with E-state index in [-0.39, 0.29) is 11.3 Å². The van der Waals surface area contributed by atoms with Crippen molar-refractivity contribution in [3.8, 4) is 17.3 Å². The van der Waals surface area contributed by atoms with Crippen LogP contribution >= 0.6 is 34.5 Å². The summed E-state index contributed by atoms with van der Waals surface area (Å²) >= 11 is 13.5. The third kappa shape index (κ3) is 3.85. The van der Waals surface area contributed by atoms with E-state index in [2.05, 4.69) is 4.98 Å². The molecule has 6 heteroatoms. The van der Waals surface area contributed by atoms with Crippen LogP contribution in [0.1, 0.15) is 15.9 Å². The smallest absolute Gasteiger partial charge is 0.138 e. The van der Waals surface area contributed by atoms with Gasteiger partial charge in [0, 0.05) is 16.0 Å². The molecule has 0 saturated heterocycles. The summed E-state index contributed by atoms with van der Waals surface area (Å²) in [7, 11) is 0. The molecule has 0 spiro atoms. The number of nitriles is 1. The Morgan fingerprint density at radius 1 is 1.12 bits per heavy atom. The predicted octanol–water partition coefficient (Wildman–Crippen LogP) is 6.24. The van der Waals surface area contributed by atoms with Crippen molar-refractivity contribution in [2.45, 2.75) is 5.38 Å². The average molecular weight is 387 g/mol. The van der Waals surface area contributed by atoms with E-state index in [1.54, 1.807) is 24.3 Å². The minimum absolute atomic E-state index is 0.0778. The van der Waals surface area contributed by atoms with Gasteiger partial charge >= 0.3 is 0 Å². The van der Waals surface area contributed by atoms with Gasteiger partial charge in [0.1, 0.15) is 27.8 Å². The van der Waals surface area contributed by atoms with Crippen LogP contribution < -0.4 is 0 Å². The number of nitrogens with zero attached hydrogens (tertiary/aromatic N) is 2. The molecule has 0 radical (unpaired) electrons. The number of hydrogen-bond acceptors (Lipinski definition) is 4. The number of halogens is 2. The minimum Gasteiger partial charge on any atom is -0.509 e. The van der Waals surface area contributed by atoms with Crippen molar-refractivity contribution in [2.75, 3.05) is 0 Å². The van der Waals surface area contributed by atoms with Crippen molar-refractivity contribution in [1.29, 1.82) is 5.26 Å². The molecule has 0 aliphatic carbocycles. The number of hydrogen-bond donors (Lipinski definition) is 1. The molecular formula is C19H12Cl2N2OS. The third-order valence-electron chi connectivity index (χ3n) is 3.56. The highest BCUT2D eigenvalue weighted by atomic mass is 35.5. The maximum absolute atomic E-state index is 10.5. The van der Waals surface area contributed by atoms with Crippen LogP contribution in [0.25, 0.3) is 16.8 Å². The topological polar surface area (TPSA) is 56.9 Å². The second kappa shape index (κ2) is 7.71. The van der Waals surface area contributed by atoms with Crippen LogP contribution in [-0.2, 0) is 0 Å². The summed E-state index contributed by atoms with van der Waals surface area (Å²) in [6.07, 6.45) is 0. The van der Waals surface area contributed by atoms with Gasteiger partial charge in [0.25, 0.3) is 0 Å². The fourth-order valence-electron chi connectivity index (χ4n) is 2.26. The zero-order valence-electron chi connectivity index (χ0n) is 12.9. The lowest BCUT2D eigenvalue weighted by Crippen LogP contribution is -1.98. The third-order valence-corrected chi connectivity index (χ3v) is 5.13. The van der Waals surface area contributed by atoms with Crippen LogP contribution in [0.15, 0.2) is 65.7 Å². The molecule has 0 aliphatic rings. The van der Waals surface area contributed by atoms with Crippen LogP contribution in [0.5, 0.6) is 0 Å². The molecule has 3 rings (SSSR count). The molecule has 0 unspecified atom stereocenters. The predicted molar refractivity (Wildman–Crippen MR) is 103 cm³/mol. The molecule has 1 N–H and O–H groups in total. The highest BCUT2D eigenvalue weighted by Gasteiger charge is 2.21. The minimum atomic E-state index is -0.807. The summed E-state index contributed by atoms with van der Waals surface area (Å²) in [5.74, 6) is -0.202. The molecule has 1 heterocycles. The fourth-order valence-corrected chi connectivity index (χ4v) is 3.47. The molecule has 0 amide bonds. The Bertz CT molecular complexity index is 944. The van der Waals surface area contributed by atoms with E-state index in [1.165, 1.54) is 11.3 Å². The molecule has 3 aromatic rings. The summed E-state index contributed by atoms with van der Waals surface area (Å²) in [4.78, 5) is 4.45. The van der Waals surface area contributed by atoms with Crippen molar-refractivity contribution in [3.05, 3.63) is 81.3 Å². The highest BCUT2D eigenvalue weighted by molar-refractivity contribution is 7.11. The number of thiazole rings is 1. The quantitative estimate of drug-likeness (QED) is 0.328. The normalized spacial score (nSPS) is 13.0. The first-order valence-corrected chi connectivity index (χ1v) is 9.03. The van der Waals surface area contributed by atoms with E-state index in [1.807, 2.05) is 41.8 Å². The molecule has 1 aromatic heterocycles. The zero-order chi connectivity index (χ0) is 17.8. The van der Waals surface area contributed by atoms with Crippen molar-refractivity contribution in [1.82, 2.24) is 4.98 Å². The SMILES string of the molecule is N#CC(=C(O)[C@@H](Cl)c1ccccc1)c1nc(-c2ccc(Cl)cc2)cs1. The second-order valence-corrected chi connectivity index (χ2v) is 6.92. The molecule has 1 atom stereocenters. The molecule has 0 bridgehead atoms. The lowest BCUT2D eigenvalue weighted by molar-refractivity contribution is 0.397. The van der Waals surface area contributed by atoms with Crippen LogP contribution in [0, 0.1) is 11.3 Å². The first kappa shape index (κ1) is 17.5. The number of benzene rings is 2. The lowest BCUT2D eigenvalue weighted by atomic mass is 10.1. The highest BCUT2D eigenvalue weighted by Crippen LogP contribution is 2.34. The molecular weight excluding hydrogens is 375 g/mol. The van der Waals surface area contributed by atoms with E-state index in [4.69, 9.17) is 23.2 Å². The molecule has 0 saturated carbocycles. The Labute approximate surface area is 159 Å². The van der Waals surface area contributed by atoms with E-state index in [0.717, 1.165) is 5.56 Å². The molecule has 0 aliphatic heterocycles. The summed E-state index contributed by atoms with van der Waals surface area (Å²) in [5.41, 5.74) is 2.38. The fraction of sp³-hybridized carbons (Fsp3) is 0.0526. The standard InChI is InChI=1S/C19H12Cl2N2OS/c20-14-8-6-12(7-9-14)16-11-25-19(23-16)15(10-22)18(24)17(21)13-4-2-1-3-5-13/h1-9,11,17,24H/t17-/m0/s1. The van der Waals surface area contributed by atoms with Crippen molar-refractivity contribution < 1.29 is 5.11 Å². The van der Waals surface area contributed by atoms with Crippen molar-refractivity contribution in [2.24, 2.45) is 0 Å². The van der Waals surface area contributed by atoms with Crippen LogP contribution in [0.3, 0.4) is 0 Å². The number of rotatable bonds is 4. The Kier molecular flexibility index (Phi) is 5.40. The summed E-state index contributed by atoms with van der Waals surface area (Å²) in [6, 6.07) is 18.4. The van der Waals surface area contributed by atoms with Gasteiger partial charge in [-0.1, -0.05) is 54.1 Å². The number of aromatic nitrogens is 1. The van der Waals surface area contributed by atoms with Gasteiger partial charge in [-0.25, -0.2) is 4.98 Å². The van der Waals surface area contributed by atoms with Gasteiger partial charge in [-0.15, -0.1) is 22.9 Å². The van der Waals surface area contributed by atoms with Crippen LogP contribution in [-0.4, -0.2) is 10.1 Å². The zero-order valence-corrected chi connectivity index (χ0v) is 15.2. The molecule has 3 nitrogen and oxygen atoms in total. The van der Waals surface area contributed by atoms with Gasteiger partial charge in [-0.3, -0.25) is 0 Å². The van der Waals surface area contributed by atoms with Gasteiger partial charge in [0.15, 0.2) is 0 Å². The van der Waals surface area contributed by atoms with Crippen LogP contribution in [0.2, 0.25) is 5.02 Å². The molecule has 0 fully saturated rings. The first-order valence-electron chi connectivity index (χ1n) is 7.34. The number of aliphatic hydroxyl groups excluding tert-OH is 1.